The predicted molar refractivity (Wildman–Crippen MR) is 102 cm³/mol. The Morgan fingerprint density at radius 2 is 1.73 bits per heavy atom. The summed E-state index contributed by atoms with van der Waals surface area (Å²) >= 11 is 0. The van der Waals surface area contributed by atoms with Gasteiger partial charge in [0.2, 0.25) is 0 Å². The fourth-order valence-electron chi connectivity index (χ4n) is 2.52. The molecule has 0 fully saturated rings. The van der Waals surface area contributed by atoms with Crippen molar-refractivity contribution in [2.45, 2.75) is 19.8 Å². The molecule has 2 aromatic carbocycles. The molecule has 0 saturated heterocycles. The Balaban J connectivity index is 2.23. The lowest BCUT2D eigenvalue weighted by molar-refractivity contribution is -0.131. The third-order valence-corrected chi connectivity index (χ3v) is 3.75. The van der Waals surface area contributed by atoms with E-state index in [0.717, 1.165) is 30.1 Å². The molecular formula is C22H22O4. The van der Waals surface area contributed by atoms with Gasteiger partial charge in [-0.05, 0) is 54.7 Å². The van der Waals surface area contributed by atoms with Crippen molar-refractivity contribution < 1.29 is 19.4 Å². The first-order valence-corrected chi connectivity index (χ1v) is 8.52. The van der Waals surface area contributed by atoms with Crippen LogP contribution in [0.2, 0.25) is 0 Å². The van der Waals surface area contributed by atoms with Crippen LogP contribution < -0.4 is 0 Å². The van der Waals surface area contributed by atoms with Crippen LogP contribution >= 0.6 is 0 Å². The normalized spacial score (nSPS) is 11.5. The van der Waals surface area contributed by atoms with E-state index in [4.69, 9.17) is 9.84 Å². The van der Waals surface area contributed by atoms with Crippen molar-refractivity contribution in [3.05, 3.63) is 89.5 Å². The van der Waals surface area contributed by atoms with Gasteiger partial charge in [-0.3, -0.25) is 0 Å². The highest BCUT2D eigenvalue weighted by Gasteiger charge is 2.08. The molecule has 0 aliphatic rings. The van der Waals surface area contributed by atoms with E-state index < -0.39 is 5.97 Å². The standard InChI is InChI=1S/C22H22O4/c1-2-26-22(25)20-13-7-12-19(16-20)18(14-15-21(23)24)11-6-10-17-8-4-3-5-9-17/h3-5,7-9,11-16H,2,6,10H2,1H3,(H,23,24)/b15-14?,18-11-. The summed E-state index contributed by atoms with van der Waals surface area (Å²) in [7, 11) is 0. The van der Waals surface area contributed by atoms with Crippen molar-refractivity contribution in [3.8, 4) is 0 Å². The number of hydrogen-bond acceptors (Lipinski definition) is 3. The third kappa shape index (κ3) is 6.06. The van der Waals surface area contributed by atoms with Gasteiger partial charge in [0.15, 0.2) is 0 Å². The van der Waals surface area contributed by atoms with Gasteiger partial charge in [-0.2, -0.15) is 0 Å². The van der Waals surface area contributed by atoms with Crippen LogP contribution in [0.15, 0.2) is 72.8 Å². The van der Waals surface area contributed by atoms with Crippen molar-refractivity contribution in [1.82, 2.24) is 0 Å². The van der Waals surface area contributed by atoms with Crippen LogP contribution in [0.3, 0.4) is 0 Å². The highest BCUT2D eigenvalue weighted by Crippen LogP contribution is 2.20. The molecule has 26 heavy (non-hydrogen) atoms. The molecule has 0 spiro atoms. The molecule has 4 nitrogen and oxygen atoms in total. The molecule has 0 aliphatic heterocycles. The van der Waals surface area contributed by atoms with Crippen molar-refractivity contribution in [1.29, 1.82) is 0 Å². The van der Waals surface area contributed by atoms with Crippen LogP contribution in [-0.2, 0) is 16.0 Å². The van der Waals surface area contributed by atoms with E-state index in [2.05, 4.69) is 12.1 Å². The van der Waals surface area contributed by atoms with Crippen LogP contribution in [0.5, 0.6) is 0 Å². The molecule has 2 rings (SSSR count). The van der Waals surface area contributed by atoms with Crippen LogP contribution in [0, 0.1) is 0 Å². The number of ether oxygens (including phenoxy) is 1. The van der Waals surface area contributed by atoms with Crippen molar-refractivity contribution in [2.24, 2.45) is 0 Å². The van der Waals surface area contributed by atoms with Crippen LogP contribution in [0.25, 0.3) is 5.57 Å². The summed E-state index contributed by atoms with van der Waals surface area (Å²) in [5, 5.41) is 8.94. The van der Waals surface area contributed by atoms with E-state index in [9.17, 15) is 9.59 Å². The summed E-state index contributed by atoms with van der Waals surface area (Å²) in [6.45, 7) is 2.06. The molecule has 0 saturated carbocycles. The number of rotatable bonds is 8. The van der Waals surface area contributed by atoms with E-state index in [1.807, 2.05) is 30.3 Å². The van der Waals surface area contributed by atoms with Crippen molar-refractivity contribution in [2.75, 3.05) is 6.61 Å². The first-order chi connectivity index (χ1) is 12.6. The number of carboxylic acids is 1. The van der Waals surface area contributed by atoms with Gasteiger partial charge in [0.05, 0.1) is 12.2 Å². The van der Waals surface area contributed by atoms with Gasteiger partial charge < -0.3 is 9.84 Å². The number of carbonyl (C=O) groups is 2. The minimum absolute atomic E-state index is 0.307. The average molecular weight is 350 g/mol. The summed E-state index contributed by atoms with van der Waals surface area (Å²) < 4.78 is 5.03. The van der Waals surface area contributed by atoms with E-state index in [1.54, 1.807) is 31.2 Å². The number of carbonyl (C=O) groups excluding carboxylic acids is 1. The zero-order chi connectivity index (χ0) is 18.8. The molecular weight excluding hydrogens is 328 g/mol. The minimum atomic E-state index is -1.01. The summed E-state index contributed by atoms with van der Waals surface area (Å²) in [5.41, 5.74) is 3.20. The van der Waals surface area contributed by atoms with E-state index in [1.165, 1.54) is 5.56 Å². The molecule has 0 aliphatic carbocycles. The quantitative estimate of drug-likeness (QED) is 0.432. The van der Waals surface area contributed by atoms with Crippen LogP contribution in [0.1, 0.15) is 34.8 Å². The maximum absolute atomic E-state index is 11.9. The van der Waals surface area contributed by atoms with Crippen molar-refractivity contribution in [3.63, 3.8) is 0 Å². The van der Waals surface area contributed by atoms with Gasteiger partial charge in [-0.15, -0.1) is 0 Å². The number of aliphatic carboxylic acids is 1. The molecule has 0 aromatic heterocycles. The first-order valence-electron chi connectivity index (χ1n) is 8.52. The van der Waals surface area contributed by atoms with Crippen LogP contribution in [-0.4, -0.2) is 23.7 Å². The van der Waals surface area contributed by atoms with Gasteiger partial charge in [0.25, 0.3) is 0 Å². The lowest BCUT2D eigenvalue weighted by atomic mass is 10.00. The van der Waals surface area contributed by atoms with Gasteiger partial charge >= 0.3 is 11.9 Å². The van der Waals surface area contributed by atoms with E-state index in [-0.39, 0.29) is 5.97 Å². The highest BCUT2D eigenvalue weighted by molar-refractivity contribution is 5.92. The Labute approximate surface area is 153 Å². The number of hydrogen-bond donors (Lipinski definition) is 1. The molecule has 2 aromatic rings. The fourth-order valence-corrected chi connectivity index (χ4v) is 2.52. The molecule has 0 atom stereocenters. The summed E-state index contributed by atoms with van der Waals surface area (Å²) in [4.78, 5) is 22.8. The second-order valence-corrected chi connectivity index (χ2v) is 5.66. The van der Waals surface area contributed by atoms with Crippen molar-refractivity contribution >= 4 is 17.5 Å². The Morgan fingerprint density at radius 1 is 1.00 bits per heavy atom. The smallest absolute Gasteiger partial charge is 0.338 e. The van der Waals surface area contributed by atoms with Gasteiger partial charge in [0.1, 0.15) is 0 Å². The molecule has 134 valence electrons. The second kappa shape index (κ2) is 9.99. The molecule has 4 heteroatoms. The Kier molecular flexibility index (Phi) is 7.37. The second-order valence-electron chi connectivity index (χ2n) is 5.66. The molecule has 0 unspecified atom stereocenters. The molecule has 0 amide bonds. The highest BCUT2D eigenvalue weighted by atomic mass is 16.5. The Bertz CT molecular complexity index is 804. The first kappa shape index (κ1) is 19.2. The summed E-state index contributed by atoms with van der Waals surface area (Å²) in [6.07, 6.45) is 6.25. The maximum Gasteiger partial charge on any atom is 0.338 e. The molecule has 1 N–H and O–H groups in total. The van der Waals surface area contributed by atoms with E-state index >= 15 is 0 Å². The monoisotopic (exact) mass is 350 g/mol. The lowest BCUT2D eigenvalue weighted by Crippen LogP contribution is -2.04. The maximum atomic E-state index is 11.9. The fraction of sp³-hybridized carbons (Fsp3) is 0.182. The average Bonchev–Trinajstić information content (AvgIpc) is 2.65. The summed E-state index contributed by atoms with van der Waals surface area (Å²) in [6, 6.07) is 17.1. The SMILES string of the molecule is CCOC(=O)c1cccc(/C(C=CC(=O)O)=C\CCc2ccccc2)c1. The minimum Gasteiger partial charge on any atom is -0.478 e. The molecule has 0 heterocycles. The lowest BCUT2D eigenvalue weighted by Gasteiger charge is -2.07. The summed E-state index contributed by atoms with van der Waals surface area (Å²) in [5.74, 6) is -1.40. The number of allylic oxidation sites excluding steroid dienone is 3. The molecule has 0 bridgehead atoms. The number of aryl methyl sites for hydroxylation is 1. The Hall–Kier alpha value is -3.14. The molecule has 0 radical (unpaired) electrons. The van der Waals surface area contributed by atoms with E-state index in [0.29, 0.717) is 12.2 Å². The number of benzene rings is 2. The van der Waals surface area contributed by atoms with Crippen LogP contribution in [0.4, 0.5) is 0 Å². The topological polar surface area (TPSA) is 63.6 Å². The van der Waals surface area contributed by atoms with Gasteiger partial charge in [-0.25, -0.2) is 9.59 Å². The zero-order valence-electron chi connectivity index (χ0n) is 14.7. The predicted octanol–water partition coefficient (Wildman–Crippen LogP) is 4.52. The van der Waals surface area contributed by atoms with Gasteiger partial charge in [0, 0.05) is 6.08 Å². The Morgan fingerprint density at radius 3 is 2.42 bits per heavy atom. The largest absolute Gasteiger partial charge is 0.478 e. The number of carboxylic acid groups (broad SMARTS) is 1. The number of esters is 1. The third-order valence-electron chi connectivity index (χ3n) is 3.75. The zero-order valence-corrected chi connectivity index (χ0v) is 14.7. The van der Waals surface area contributed by atoms with Gasteiger partial charge in [-0.1, -0.05) is 48.5 Å².